The molecule has 0 bridgehead atoms. The van der Waals surface area contributed by atoms with E-state index in [1.807, 2.05) is 17.0 Å². The van der Waals surface area contributed by atoms with Crippen LogP contribution >= 0.6 is 0 Å². The topological polar surface area (TPSA) is 42.0 Å². The fraction of sp³-hybridized carbons (Fsp3) is 0.667. The highest BCUT2D eigenvalue weighted by molar-refractivity contribution is 5.87. The Labute approximate surface area is 156 Å². The van der Waals surface area contributed by atoms with Crippen molar-refractivity contribution in [1.82, 2.24) is 9.80 Å². The molecule has 2 saturated heterocycles. The molecule has 2 aliphatic heterocycles. The van der Waals surface area contributed by atoms with Gasteiger partial charge < -0.3 is 14.4 Å². The van der Waals surface area contributed by atoms with Crippen molar-refractivity contribution in [3.8, 4) is 5.75 Å². The van der Waals surface area contributed by atoms with Crippen LogP contribution in [0.5, 0.6) is 5.75 Å². The lowest BCUT2D eigenvalue weighted by Gasteiger charge is -2.51. The van der Waals surface area contributed by atoms with Gasteiger partial charge in [-0.25, -0.2) is 0 Å². The summed E-state index contributed by atoms with van der Waals surface area (Å²) in [5, 5.41) is 0. The lowest BCUT2D eigenvalue weighted by atomic mass is 9.78. The molecule has 4 rings (SSSR count). The van der Waals surface area contributed by atoms with E-state index in [-0.39, 0.29) is 11.6 Å². The molecule has 5 nitrogen and oxygen atoms in total. The summed E-state index contributed by atoms with van der Waals surface area (Å²) in [4.78, 5) is 17.9. The maximum absolute atomic E-state index is 13.4. The summed E-state index contributed by atoms with van der Waals surface area (Å²) < 4.78 is 11.6. The molecule has 0 atom stereocenters. The van der Waals surface area contributed by atoms with Crippen molar-refractivity contribution in [3.05, 3.63) is 29.8 Å². The van der Waals surface area contributed by atoms with Crippen molar-refractivity contribution in [3.63, 3.8) is 0 Å². The number of hydrogen-bond donors (Lipinski definition) is 0. The van der Waals surface area contributed by atoms with Crippen LogP contribution < -0.4 is 4.74 Å². The SMILES string of the molecule is Cc1cccc(OC2CN(C(=O)C3(N4CCOCC4)CCCCC3)C2)c1. The van der Waals surface area contributed by atoms with Crippen LogP contribution in [-0.2, 0) is 9.53 Å². The summed E-state index contributed by atoms with van der Waals surface area (Å²) in [7, 11) is 0. The number of nitrogens with zero attached hydrogens (tertiary/aromatic N) is 2. The van der Waals surface area contributed by atoms with Gasteiger partial charge in [0.25, 0.3) is 0 Å². The number of amides is 1. The van der Waals surface area contributed by atoms with Crippen molar-refractivity contribution < 1.29 is 14.3 Å². The van der Waals surface area contributed by atoms with E-state index in [9.17, 15) is 4.79 Å². The normalized spacial score (nSPS) is 24.1. The Morgan fingerprint density at radius 2 is 1.88 bits per heavy atom. The lowest BCUT2D eigenvalue weighted by molar-refractivity contribution is -0.160. The van der Waals surface area contributed by atoms with E-state index in [1.54, 1.807) is 0 Å². The molecule has 0 unspecified atom stereocenters. The van der Waals surface area contributed by atoms with E-state index in [0.717, 1.165) is 57.7 Å². The zero-order valence-electron chi connectivity index (χ0n) is 15.8. The van der Waals surface area contributed by atoms with Gasteiger partial charge in [-0.2, -0.15) is 0 Å². The molecule has 26 heavy (non-hydrogen) atoms. The highest BCUT2D eigenvalue weighted by Crippen LogP contribution is 2.37. The van der Waals surface area contributed by atoms with E-state index in [0.29, 0.717) is 19.0 Å². The minimum absolute atomic E-state index is 0.117. The number of hydrogen-bond acceptors (Lipinski definition) is 4. The molecule has 0 spiro atoms. The number of carbonyl (C=O) groups is 1. The number of morpholine rings is 1. The third-order valence-electron chi connectivity index (χ3n) is 6.12. The first-order valence-electron chi connectivity index (χ1n) is 10.0. The molecule has 0 aromatic heterocycles. The lowest BCUT2D eigenvalue weighted by Crippen LogP contribution is -2.68. The molecule has 1 aliphatic carbocycles. The van der Waals surface area contributed by atoms with Gasteiger partial charge in [0, 0.05) is 13.1 Å². The fourth-order valence-corrected chi connectivity index (χ4v) is 4.65. The predicted molar refractivity (Wildman–Crippen MR) is 100 cm³/mol. The first-order valence-corrected chi connectivity index (χ1v) is 10.0. The van der Waals surface area contributed by atoms with E-state index in [2.05, 4.69) is 24.0 Å². The quantitative estimate of drug-likeness (QED) is 0.830. The van der Waals surface area contributed by atoms with Gasteiger partial charge in [-0.1, -0.05) is 31.4 Å². The van der Waals surface area contributed by atoms with Crippen molar-refractivity contribution in [2.24, 2.45) is 0 Å². The van der Waals surface area contributed by atoms with Gasteiger partial charge in [0.1, 0.15) is 17.4 Å². The molecule has 1 aromatic carbocycles. The largest absolute Gasteiger partial charge is 0.487 e. The number of ether oxygens (including phenoxy) is 2. The third-order valence-corrected chi connectivity index (χ3v) is 6.12. The zero-order valence-corrected chi connectivity index (χ0v) is 15.8. The molecule has 3 aliphatic rings. The average molecular weight is 358 g/mol. The molecule has 0 N–H and O–H groups in total. The summed E-state index contributed by atoms with van der Waals surface area (Å²) in [6, 6.07) is 8.13. The van der Waals surface area contributed by atoms with Crippen LogP contribution in [0.15, 0.2) is 24.3 Å². The summed E-state index contributed by atoms with van der Waals surface area (Å²) in [6.07, 6.45) is 5.65. The first kappa shape index (κ1) is 17.8. The van der Waals surface area contributed by atoms with E-state index in [4.69, 9.17) is 9.47 Å². The van der Waals surface area contributed by atoms with E-state index < -0.39 is 0 Å². The predicted octanol–water partition coefficient (Wildman–Crippen LogP) is 2.62. The molecule has 1 aromatic rings. The summed E-state index contributed by atoms with van der Waals surface area (Å²) in [5.74, 6) is 1.23. The Balaban J connectivity index is 1.39. The number of benzene rings is 1. The summed E-state index contributed by atoms with van der Waals surface area (Å²) in [6.45, 7) is 6.73. The second kappa shape index (κ2) is 7.57. The van der Waals surface area contributed by atoms with Gasteiger partial charge in [0.05, 0.1) is 26.3 Å². The number of carbonyl (C=O) groups excluding carboxylic acids is 1. The second-order valence-electron chi connectivity index (χ2n) is 7.96. The zero-order chi connectivity index (χ0) is 18.0. The van der Waals surface area contributed by atoms with Crippen LogP contribution in [0.4, 0.5) is 0 Å². The van der Waals surface area contributed by atoms with Crippen LogP contribution in [0.1, 0.15) is 37.7 Å². The Morgan fingerprint density at radius 3 is 2.58 bits per heavy atom. The Morgan fingerprint density at radius 1 is 1.15 bits per heavy atom. The standard InChI is InChI=1S/C21H30N2O3/c1-17-6-5-7-18(14-17)26-19-15-22(16-19)20(24)21(8-3-2-4-9-21)23-10-12-25-13-11-23/h5-7,14,19H,2-4,8-13,15-16H2,1H3. The fourth-order valence-electron chi connectivity index (χ4n) is 4.65. The number of rotatable bonds is 4. The average Bonchev–Trinajstić information content (AvgIpc) is 2.65. The molecule has 142 valence electrons. The molecule has 5 heteroatoms. The van der Waals surface area contributed by atoms with Crippen molar-refractivity contribution in [2.45, 2.75) is 50.7 Å². The van der Waals surface area contributed by atoms with Crippen molar-refractivity contribution in [2.75, 3.05) is 39.4 Å². The Kier molecular flexibility index (Phi) is 5.18. The van der Waals surface area contributed by atoms with Gasteiger partial charge in [0.15, 0.2) is 0 Å². The molecular formula is C21H30N2O3. The molecule has 2 heterocycles. The highest BCUT2D eigenvalue weighted by atomic mass is 16.5. The maximum Gasteiger partial charge on any atom is 0.243 e. The van der Waals surface area contributed by atoms with Gasteiger partial charge in [-0.3, -0.25) is 9.69 Å². The first-order chi connectivity index (χ1) is 12.7. The van der Waals surface area contributed by atoms with Gasteiger partial charge in [-0.15, -0.1) is 0 Å². The molecule has 3 fully saturated rings. The molecular weight excluding hydrogens is 328 g/mol. The van der Waals surface area contributed by atoms with Crippen molar-refractivity contribution in [1.29, 1.82) is 0 Å². The van der Waals surface area contributed by atoms with Gasteiger partial charge >= 0.3 is 0 Å². The monoisotopic (exact) mass is 358 g/mol. The van der Waals surface area contributed by atoms with E-state index in [1.165, 1.54) is 12.0 Å². The minimum atomic E-state index is -0.295. The minimum Gasteiger partial charge on any atom is -0.487 e. The highest BCUT2D eigenvalue weighted by Gasteiger charge is 2.49. The van der Waals surface area contributed by atoms with Crippen LogP contribution in [0.3, 0.4) is 0 Å². The Bertz CT molecular complexity index is 630. The van der Waals surface area contributed by atoms with Crippen molar-refractivity contribution >= 4 is 5.91 Å². The summed E-state index contributed by atoms with van der Waals surface area (Å²) in [5.41, 5.74) is 0.902. The second-order valence-corrected chi connectivity index (χ2v) is 7.96. The number of likely N-dealkylation sites (tertiary alicyclic amines) is 1. The Hall–Kier alpha value is -1.59. The van der Waals surface area contributed by atoms with E-state index >= 15 is 0 Å². The maximum atomic E-state index is 13.4. The molecule has 1 saturated carbocycles. The van der Waals surface area contributed by atoms with Gasteiger partial charge in [0.2, 0.25) is 5.91 Å². The molecule has 0 radical (unpaired) electrons. The summed E-state index contributed by atoms with van der Waals surface area (Å²) >= 11 is 0. The number of aryl methyl sites for hydroxylation is 1. The third kappa shape index (κ3) is 3.47. The smallest absolute Gasteiger partial charge is 0.243 e. The van der Waals surface area contributed by atoms with Crippen LogP contribution in [0.2, 0.25) is 0 Å². The van der Waals surface area contributed by atoms with Gasteiger partial charge in [-0.05, 0) is 37.5 Å². The van der Waals surface area contributed by atoms with Crippen LogP contribution in [0.25, 0.3) is 0 Å². The van der Waals surface area contributed by atoms with Crippen LogP contribution in [0, 0.1) is 6.92 Å². The van der Waals surface area contributed by atoms with Crippen LogP contribution in [-0.4, -0.2) is 66.7 Å². The molecule has 1 amide bonds.